The van der Waals surface area contributed by atoms with Crippen LogP contribution in [0.2, 0.25) is 0 Å². The Bertz CT molecular complexity index is 843. The van der Waals surface area contributed by atoms with E-state index in [1.807, 2.05) is 19.1 Å². The second kappa shape index (κ2) is 6.83. The third-order valence-electron chi connectivity index (χ3n) is 3.65. The lowest BCUT2D eigenvalue weighted by Crippen LogP contribution is -1.99. The van der Waals surface area contributed by atoms with E-state index in [9.17, 15) is 4.39 Å². The zero-order chi connectivity index (χ0) is 17.1. The van der Waals surface area contributed by atoms with Crippen LogP contribution in [0.25, 0.3) is 11.5 Å². The number of halogens is 1. The quantitative estimate of drug-likeness (QED) is 0.670. The Balaban J connectivity index is 1.72. The summed E-state index contributed by atoms with van der Waals surface area (Å²) in [6, 6.07) is 12.2. The summed E-state index contributed by atoms with van der Waals surface area (Å²) in [5.41, 5.74) is 2.91. The molecule has 0 N–H and O–H groups in total. The van der Waals surface area contributed by atoms with Gasteiger partial charge in [0.05, 0.1) is 0 Å². The molecule has 124 valence electrons. The minimum Gasteiger partial charge on any atom is -0.485 e. The predicted molar refractivity (Wildman–Crippen MR) is 89.3 cm³/mol. The molecule has 24 heavy (non-hydrogen) atoms. The van der Waals surface area contributed by atoms with Crippen molar-refractivity contribution in [3.8, 4) is 17.2 Å². The summed E-state index contributed by atoms with van der Waals surface area (Å²) in [5.74, 6) is 1.55. The van der Waals surface area contributed by atoms with E-state index in [-0.39, 0.29) is 18.3 Å². The Morgan fingerprint density at radius 3 is 2.75 bits per heavy atom. The third kappa shape index (κ3) is 3.79. The molecule has 0 aliphatic rings. The first-order valence-corrected chi connectivity index (χ1v) is 7.84. The second-order valence-corrected chi connectivity index (χ2v) is 6.05. The molecule has 0 aliphatic heterocycles. The van der Waals surface area contributed by atoms with Gasteiger partial charge in [-0.2, -0.15) is 4.98 Å². The Kier molecular flexibility index (Phi) is 4.60. The van der Waals surface area contributed by atoms with Crippen LogP contribution in [0.15, 0.2) is 47.0 Å². The van der Waals surface area contributed by atoms with Crippen LogP contribution in [0.1, 0.15) is 36.7 Å². The van der Waals surface area contributed by atoms with Crippen molar-refractivity contribution in [2.45, 2.75) is 33.3 Å². The molecule has 1 heterocycles. The van der Waals surface area contributed by atoms with Crippen molar-refractivity contribution in [3.05, 3.63) is 65.2 Å². The fraction of sp³-hybridized carbons (Fsp3) is 0.263. The topological polar surface area (TPSA) is 48.2 Å². The summed E-state index contributed by atoms with van der Waals surface area (Å²) in [6.07, 6.45) is 0. The van der Waals surface area contributed by atoms with Crippen LogP contribution in [0.5, 0.6) is 5.75 Å². The maximum atomic E-state index is 13.3. The maximum Gasteiger partial charge on any atom is 0.258 e. The fourth-order valence-electron chi connectivity index (χ4n) is 2.39. The van der Waals surface area contributed by atoms with Gasteiger partial charge in [0.15, 0.2) is 6.61 Å². The molecule has 0 saturated heterocycles. The molecule has 0 bridgehead atoms. The minimum atomic E-state index is -0.343. The van der Waals surface area contributed by atoms with Crippen molar-refractivity contribution in [2.75, 3.05) is 0 Å². The molecule has 0 saturated carbocycles. The Morgan fingerprint density at radius 2 is 2.00 bits per heavy atom. The van der Waals surface area contributed by atoms with Gasteiger partial charge in [0.1, 0.15) is 11.6 Å². The number of hydrogen-bond acceptors (Lipinski definition) is 4. The zero-order valence-electron chi connectivity index (χ0n) is 13.9. The molecular formula is C19H19FN2O2. The molecule has 0 spiro atoms. The zero-order valence-corrected chi connectivity index (χ0v) is 13.9. The van der Waals surface area contributed by atoms with Gasteiger partial charge in [-0.05, 0) is 54.3 Å². The SMILES string of the molecule is Cc1cc(OCc2noc(-c3cccc(F)c3)n2)cc(C(C)C)c1. The number of ether oxygens (including phenoxy) is 1. The van der Waals surface area contributed by atoms with E-state index >= 15 is 0 Å². The summed E-state index contributed by atoms with van der Waals surface area (Å²) in [6.45, 7) is 6.51. The van der Waals surface area contributed by atoms with E-state index in [4.69, 9.17) is 9.26 Å². The van der Waals surface area contributed by atoms with E-state index in [1.54, 1.807) is 12.1 Å². The van der Waals surface area contributed by atoms with Gasteiger partial charge in [-0.25, -0.2) is 4.39 Å². The molecule has 0 aliphatic carbocycles. The highest BCUT2D eigenvalue weighted by Gasteiger charge is 2.11. The van der Waals surface area contributed by atoms with E-state index in [1.165, 1.54) is 17.7 Å². The number of aryl methyl sites for hydroxylation is 1. The van der Waals surface area contributed by atoms with Crippen molar-refractivity contribution in [3.63, 3.8) is 0 Å². The van der Waals surface area contributed by atoms with Crippen molar-refractivity contribution >= 4 is 0 Å². The van der Waals surface area contributed by atoms with Crippen molar-refractivity contribution in [2.24, 2.45) is 0 Å². The summed E-state index contributed by atoms with van der Waals surface area (Å²) in [4.78, 5) is 4.25. The monoisotopic (exact) mass is 326 g/mol. The Morgan fingerprint density at radius 1 is 1.17 bits per heavy atom. The van der Waals surface area contributed by atoms with Gasteiger partial charge in [0, 0.05) is 5.56 Å². The lowest BCUT2D eigenvalue weighted by molar-refractivity contribution is 0.286. The summed E-state index contributed by atoms with van der Waals surface area (Å²) < 4.78 is 24.2. The van der Waals surface area contributed by atoms with Gasteiger partial charge < -0.3 is 9.26 Å². The largest absolute Gasteiger partial charge is 0.485 e. The van der Waals surface area contributed by atoms with Gasteiger partial charge in [0.2, 0.25) is 5.82 Å². The van der Waals surface area contributed by atoms with E-state index in [0.717, 1.165) is 11.3 Å². The normalized spacial score (nSPS) is 11.0. The van der Waals surface area contributed by atoms with E-state index < -0.39 is 0 Å². The lowest BCUT2D eigenvalue weighted by Gasteiger charge is -2.10. The molecule has 0 atom stereocenters. The van der Waals surface area contributed by atoms with Crippen LogP contribution in [0.4, 0.5) is 4.39 Å². The first-order chi connectivity index (χ1) is 11.5. The van der Waals surface area contributed by atoms with Gasteiger partial charge >= 0.3 is 0 Å². The average Bonchev–Trinajstić information content (AvgIpc) is 3.01. The second-order valence-electron chi connectivity index (χ2n) is 6.05. The van der Waals surface area contributed by atoms with Crippen LogP contribution in [-0.4, -0.2) is 10.1 Å². The highest BCUT2D eigenvalue weighted by atomic mass is 19.1. The van der Waals surface area contributed by atoms with E-state index in [2.05, 4.69) is 30.1 Å². The lowest BCUT2D eigenvalue weighted by atomic mass is 10.0. The molecular weight excluding hydrogens is 307 g/mol. The van der Waals surface area contributed by atoms with Gasteiger partial charge in [0.25, 0.3) is 5.89 Å². The van der Waals surface area contributed by atoms with Gasteiger partial charge in [-0.1, -0.05) is 31.1 Å². The van der Waals surface area contributed by atoms with Crippen molar-refractivity contribution in [1.29, 1.82) is 0 Å². The van der Waals surface area contributed by atoms with Crippen LogP contribution in [-0.2, 0) is 6.61 Å². The van der Waals surface area contributed by atoms with Crippen LogP contribution in [0, 0.1) is 12.7 Å². The summed E-state index contributed by atoms with van der Waals surface area (Å²) in [5, 5.41) is 3.88. The van der Waals surface area contributed by atoms with Crippen LogP contribution >= 0.6 is 0 Å². The van der Waals surface area contributed by atoms with Crippen LogP contribution in [0.3, 0.4) is 0 Å². The summed E-state index contributed by atoms with van der Waals surface area (Å²) in [7, 11) is 0. The van der Waals surface area contributed by atoms with Crippen molar-refractivity contribution in [1.82, 2.24) is 10.1 Å². The Labute approximate surface area is 140 Å². The highest BCUT2D eigenvalue weighted by Crippen LogP contribution is 2.24. The molecule has 3 rings (SSSR count). The van der Waals surface area contributed by atoms with E-state index in [0.29, 0.717) is 17.3 Å². The van der Waals surface area contributed by atoms with Crippen molar-refractivity contribution < 1.29 is 13.7 Å². The number of hydrogen-bond donors (Lipinski definition) is 0. The van der Waals surface area contributed by atoms with Gasteiger partial charge in [-0.3, -0.25) is 0 Å². The Hall–Kier alpha value is -2.69. The minimum absolute atomic E-state index is 0.194. The molecule has 4 nitrogen and oxygen atoms in total. The predicted octanol–water partition coefficient (Wildman–Crippen LogP) is 4.89. The molecule has 2 aromatic carbocycles. The molecule has 0 radical (unpaired) electrons. The molecule has 0 fully saturated rings. The first kappa shape index (κ1) is 16.2. The molecule has 5 heteroatoms. The molecule has 0 amide bonds. The number of nitrogens with zero attached hydrogens (tertiary/aromatic N) is 2. The summed E-state index contributed by atoms with van der Waals surface area (Å²) >= 11 is 0. The fourth-order valence-corrected chi connectivity index (χ4v) is 2.39. The number of aromatic nitrogens is 2. The maximum absolute atomic E-state index is 13.3. The molecule has 3 aromatic rings. The third-order valence-corrected chi connectivity index (χ3v) is 3.65. The highest BCUT2D eigenvalue weighted by molar-refractivity contribution is 5.52. The smallest absolute Gasteiger partial charge is 0.258 e. The van der Waals surface area contributed by atoms with Gasteiger partial charge in [-0.15, -0.1) is 0 Å². The van der Waals surface area contributed by atoms with Crippen LogP contribution < -0.4 is 4.74 Å². The number of rotatable bonds is 5. The first-order valence-electron chi connectivity index (χ1n) is 7.84. The average molecular weight is 326 g/mol. The number of benzene rings is 2. The standard InChI is InChI=1S/C19H19FN2O2/c1-12(2)15-7-13(3)8-17(10-15)23-11-18-21-19(24-22-18)14-5-4-6-16(20)9-14/h4-10,12H,11H2,1-3H3. The molecule has 0 unspecified atom stereocenters. The molecule has 1 aromatic heterocycles.